The predicted molar refractivity (Wildman–Crippen MR) is 64.0 cm³/mol. The summed E-state index contributed by atoms with van der Waals surface area (Å²) in [5.74, 6) is 0. The van der Waals surface area contributed by atoms with E-state index in [2.05, 4.69) is 4.98 Å². The van der Waals surface area contributed by atoms with Crippen LogP contribution in [0.3, 0.4) is 0 Å². The second kappa shape index (κ2) is 3.32. The molecule has 0 atom stereocenters. The van der Waals surface area contributed by atoms with Crippen LogP contribution in [0, 0.1) is 0 Å². The fourth-order valence-corrected chi connectivity index (χ4v) is 1.94. The Morgan fingerprint density at radius 1 is 1.12 bits per heavy atom. The van der Waals surface area contributed by atoms with Gasteiger partial charge in [0.15, 0.2) is 0 Å². The smallest absolute Gasteiger partial charge is 0.281 e. The number of aromatic nitrogens is 2. The molecular weight excluding hydrogens is 224 g/mol. The van der Waals surface area contributed by atoms with Crippen molar-refractivity contribution >= 4 is 28.2 Å². The fraction of sp³-hybridized carbons (Fsp3) is 0. The third-order valence-electron chi connectivity index (χ3n) is 2.50. The lowest BCUT2D eigenvalue weighted by atomic mass is 10.2. The molecule has 78 valence electrons. The van der Waals surface area contributed by atoms with Crippen LogP contribution in [-0.4, -0.2) is 9.38 Å². The number of para-hydroxylation sites is 1. The van der Waals surface area contributed by atoms with Crippen LogP contribution in [0.2, 0.25) is 5.02 Å². The first-order valence-corrected chi connectivity index (χ1v) is 5.20. The van der Waals surface area contributed by atoms with Gasteiger partial charge in [0.2, 0.25) is 0 Å². The number of benzene rings is 1. The summed E-state index contributed by atoms with van der Waals surface area (Å²) < 4.78 is 1.82. The van der Waals surface area contributed by atoms with Crippen LogP contribution < -0.4 is 5.56 Å². The van der Waals surface area contributed by atoms with Gasteiger partial charge >= 0.3 is 0 Å². The maximum absolute atomic E-state index is 11.7. The summed E-state index contributed by atoms with van der Waals surface area (Å²) in [6.45, 7) is 0. The molecule has 2 aromatic heterocycles. The molecule has 4 heteroatoms. The Morgan fingerprint density at radius 3 is 2.81 bits per heavy atom. The number of nitrogens with zero attached hydrogens (tertiary/aromatic N) is 2. The maximum atomic E-state index is 11.7. The van der Waals surface area contributed by atoms with Gasteiger partial charge in [-0.05, 0) is 24.3 Å². The Hall–Kier alpha value is -1.87. The van der Waals surface area contributed by atoms with Gasteiger partial charge in [0.1, 0.15) is 5.65 Å². The van der Waals surface area contributed by atoms with E-state index in [9.17, 15) is 4.79 Å². The molecule has 16 heavy (non-hydrogen) atoms. The van der Waals surface area contributed by atoms with Gasteiger partial charge in [-0.3, -0.25) is 9.20 Å². The third kappa shape index (κ3) is 1.29. The molecule has 3 aromatic rings. The van der Waals surface area contributed by atoms with E-state index in [0.717, 1.165) is 5.52 Å². The largest absolute Gasteiger partial charge is 0.299 e. The molecule has 0 amide bonds. The highest BCUT2D eigenvalue weighted by Gasteiger charge is 2.04. The van der Waals surface area contributed by atoms with E-state index in [-0.39, 0.29) is 5.56 Å². The Bertz CT molecular complexity index is 749. The topological polar surface area (TPSA) is 34.4 Å². The molecular formula is C12H7ClN2O. The predicted octanol–water partition coefficient (Wildman–Crippen LogP) is 2.50. The lowest BCUT2D eigenvalue weighted by molar-refractivity contribution is 1.13. The van der Waals surface area contributed by atoms with Crippen LogP contribution >= 0.6 is 11.6 Å². The van der Waals surface area contributed by atoms with Crippen LogP contribution in [0.4, 0.5) is 0 Å². The van der Waals surface area contributed by atoms with Gasteiger partial charge in [0, 0.05) is 6.20 Å². The zero-order valence-corrected chi connectivity index (χ0v) is 8.98. The van der Waals surface area contributed by atoms with Gasteiger partial charge in [0.05, 0.1) is 15.9 Å². The minimum atomic E-state index is -0.210. The fourth-order valence-electron chi connectivity index (χ4n) is 1.78. The van der Waals surface area contributed by atoms with Crippen molar-refractivity contribution in [3.63, 3.8) is 0 Å². The van der Waals surface area contributed by atoms with Crippen LogP contribution in [0.1, 0.15) is 0 Å². The highest BCUT2D eigenvalue weighted by Crippen LogP contribution is 2.14. The Balaban J connectivity index is 2.66. The molecule has 0 saturated carbocycles. The second-order valence-corrected chi connectivity index (χ2v) is 3.95. The van der Waals surface area contributed by atoms with Crippen molar-refractivity contribution in [2.75, 3.05) is 0 Å². The summed E-state index contributed by atoms with van der Waals surface area (Å²) in [5, 5.41) is 1.21. The van der Waals surface area contributed by atoms with Gasteiger partial charge in [0.25, 0.3) is 5.56 Å². The number of hydrogen-bond acceptors (Lipinski definition) is 2. The Labute approximate surface area is 95.9 Å². The number of hydrogen-bond donors (Lipinski definition) is 0. The first-order valence-electron chi connectivity index (χ1n) is 4.82. The summed E-state index contributed by atoms with van der Waals surface area (Å²) in [4.78, 5) is 15.7. The molecule has 0 aliphatic heterocycles. The molecule has 0 bridgehead atoms. The molecule has 0 N–H and O–H groups in total. The average molecular weight is 231 g/mol. The van der Waals surface area contributed by atoms with E-state index in [4.69, 9.17) is 11.6 Å². The van der Waals surface area contributed by atoms with E-state index in [1.165, 1.54) is 0 Å². The maximum Gasteiger partial charge on any atom is 0.281 e. The zero-order chi connectivity index (χ0) is 11.1. The van der Waals surface area contributed by atoms with Crippen LogP contribution in [0.15, 0.2) is 47.4 Å². The summed E-state index contributed by atoms with van der Waals surface area (Å²) in [6.07, 6.45) is 1.76. The Morgan fingerprint density at radius 2 is 1.94 bits per heavy atom. The first kappa shape index (κ1) is 9.36. The minimum absolute atomic E-state index is 0.210. The highest BCUT2D eigenvalue weighted by molar-refractivity contribution is 6.30. The molecule has 3 rings (SSSR count). The van der Waals surface area contributed by atoms with Crippen molar-refractivity contribution in [1.29, 1.82) is 0 Å². The van der Waals surface area contributed by atoms with Crippen molar-refractivity contribution in [3.8, 4) is 0 Å². The third-order valence-corrected chi connectivity index (χ3v) is 2.72. The molecule has 1 aromatic carbocycles. The Kier molecular flexibility index (Phi) is 1.94. The summed E-state index contributed by atoms with van der Waals surface area (Å²) in [6, 6.07) is 10.8. The second-order valence-electron chi connectivity index (χ2n) is 3.51. The van der Waals surface area contributed by atoms with Crippen molar-refractivity contribution in [2.24, 2.45) is 0 Å². The molecule has 0 aliphatic rings. The summed E-state index contributed by atoms with van der Waals surface area (Å²) in [5.41, 5.74) is 1.21. The van der Waals surface area contributed by atoms with Crippen molar-refractivity contribution in [1.82, 2.24) is 9.38 Å². The van der Waals surface area contributed by atoms with Crippen LogP contribution in [-0.2, 0) is 0 Å². The monoisotopic (exact) mass is 230 g/mol. The van der Waals surface area contributed by atoms with E-state index in [1.54, 1.807) is 24.4 Å². The standard InChI is InChI=1S/C12H7ClN2O/c13-8-5-6-11-14-12(16)9-3-1-2-4-10(9)15(11)7-8/h1-7H. The van der Waals surface area contributed by atoms with E-state index in [0.29, 0.717) is 16.1 Å². The molecule has 0 radical (unpaired) electrons. The number of halogens is 1. The molecule has 0 fully saturated rings. The van der Waals surface area contributed by atoms with E-state index < -0.39 is 0 Å². The van der Waals surface area contributed by atoms with Crippen molar-refractivity contribution in [2.45, 2.75) is 0 Å². The van der Waals surface area contributed by atoms with Gasteiger partial charge in [-0.1, -0.05) is 23.7 Å². The zero-order valence-electron chi connectivity index (χ0n) is 8.22. The average Bonchev–Trinajstić information content (AvgIpc) is 2.31. The molecule has 2 heterocycles. The van der Waals surface area contributed by atoms with Gasteiger partial charge < -0.3 is 0 Å². The molecule has 0 aliphatic carbocycles. The SMILES string of the molecule is O=c1nc2ccc(Cl)cn2c2ccccc12. The number of rotatable bonds is 0. The lowest BCUT2D eigenvalue weighted by Crippen LogP contribution is -2.10. The minimum Gasteiger partial charge on any atom is -0.299 e. The van der Waals surface area contributed by atoms with Crippen LogP contribution in [0.25, 0.3) is 16.6 Å². The van der Waals surface area contributed by atoms with E-state index in [1.807, 2.05) is 22.6 Å². The van der Waals surface area contributed by atoms with E-state index >= 15 is 0 Å². The number of pyridine rings is 1. The first-order chi connectivity index (χ1) is 7.75. The van der Waals surface area contributed by atoms with Gasteiger partial charge in [-0.15, -0.1) is 0 Å². The summed E-state index contributed by atoms with van der Waals surface area (Å²) >= 11 is 5.93. The van der Waals surface area contributed by atoms with Crippen molar-refractivity contribution in [3.05, 3.63) is 58.0 Å². The van der Waals surface area contributed by atoms with Crippen LogP contribution in [0.5, 0.6) is 0 Å². The molecule has 0 saturated heterocycles. The van der Waals surface area contributed by atoms with Gasteiger partial charge in [-0.25, -0.2) is 0 Å². The highest BCUT2D eigenvalue weighted by atomic mass is 35.5. The summed E-state index contributed by atoms with van der Waals surface area (Å²) in [7, 11) is 0. The van der Waals surface area contributed by atoms with Crippen molar-refractivity contribution < 1.29 is 0 Å². The number of fused-ring (bicyclic) bond motifs is 3. The van der Waals surface area contributed by atoms with Gasteiger partial charge in [-0.2, -0.15) is 4.98 Å². The molecule has 0 unspecified atom stereocenters. The quantitative estimate of drug-likeness (QED) is 0.556. The molecule has 0 spiro atoms. The normalized spacial score (nSPS) is 11.1. The molecule has 3 nitrogen and oxygen atoms in total. The lowest BCUT2D eigenvalue weighted by Gasteiger charge is -2.05.